The molecule has 12 aromatic rings. The fourth-order valence-corrected chi connectivity index (χ4v) is 9.81. The van der Waals surface area contributed by atoms with Crippen LogP contribution >= 0.6 is 0 Å². The topological polar surface area (TPSA) is 61.7 Å². The molecule has 0 saturated heterocycles. The van der Waals surface area contributed by atoms with Crippen LogP contribution in [0.4, 0.5) is 0 Å². The molecule has 1 aliphatic carbocycles. The lowest BCUT2D eigenvalue weighted by Crippen LogP contribution is -2.04. The smallest absolute Gasteiger partial charge is 0.164 e. The van der Waals surface area contributed by atoms with E-state index in [1.165, 1.54) is 32.6 Å². The Morgan fingerprint density at radius 3 is 1.88 bits per heavy atom. The maximum Gasteiger partial charge on any atom is 0.164 e. The van der Waals surface area contributed by atoms with Gasteiger partial charge in [-0.15, -0.1) is 0 Å². The Hall–Kier alpha value is -8.35. The molecule has 13 rings (SSSR count). The number of hydrogen-bond acceptors (Lipinski definition) is 4. The Kier molecular flexibility index (Phi) is 8.15. The number of fused-ring (bicyclic) bond motifs is 9. The molecular formula is C58H39N5O. The molecule has 0 radical (unpaired) electrons. The van der Waals surface area contributed by atoms with Crippen LogP contribution < -0.4 is 0 Å². The Morgan fingerprint density at radius 2 is 1.09 bits per heavy atom. The summed E-state index contributed by atoms with van der Waals surface area (Å²) in [5.74, 6) is 2.41. The first-order valence-electron chi connectivity index (χ1n) is 21.9. The number of aromatic nitrogens is 5. The molecule has 0 spiro atoms. The van der Waals surface area contributed by atoms with Crippen molar-refractivity contribution >= 4 is 71.1 Å². The van der Waals surface area contributed by atoms with Gasteiger partial charge in [-0.2, -0.15) is 0 Å². The van der Waals surface area contributed by atoms with E-state index >= 15 is 0 Å². The van der Waals surface area contributed by atoms with E-state index < -0.39 is 0 Å². The van der Waals surface area contributed by atoms with Crippen molar-refractivity contribution in [1.29, 1.82) is 0 Å². The lowest BCUT2D eigenvalue weighted by molar-refractivity contribution is 0.669. The lowest BCUT2D eigenvalue weighted by Gasteiger charge is -2.13. The minimum Gasteiger partial charge on any atom is -0.456 e. The fraction of sp³-hybridized carbons (Fsp3) is 0.0517. The highest BCUT2D eigenvalue weighted by atomic mass is 16.3. The highest BCUT2D eigenvalue weighted by molar-refractivity contribution is 6.15. The first-order chi connectivity index (χ1) is 31.6. The van der Waals surface area contributed by atoms with E-state index in [0.29, 0.717) is 23.4 Å². The Bertz CT molecular complexity index is 3890. The van der Waals surface area contributed by atoms with Crippen LogP contribution in [0.2, 0.25) is 0 Å². The van der Waals surface area contributed by atoms with Gasteiger partial charge in [0.05, 0.1) is 22.1 Å². The van der Waals surface area contributed by atoms with E-state index in [-0.39, 0.29) is 0 Å². The van der Waals surface area contributed by atoms with Crippen LogP contribution in [0.3, 0.4) is 0 Å². The second-order valence-electron chi connectivity index (χ2n) is 16.9. The van der Waals surface area contributed by atoms with Crippen molar-refractivity contribution in [3.05, 3.63) is 206 Å². The summed E-state index contributed by atoms with van der Waals surface area (Å²) in [5.41, 5.74) is 13.7. The molecule has 4 heterocycles. The van der Waals surface area contributed by atoms with Crippen molar-refractivity contribution in [2.75, 3.05) is 0 Å². The molecule has 64 heavy (non-hydrogen) atoms. The van der Waals surface area contributed by atoms with Gasteiger partial charge in [0.1, 0.15) is 11.2 Å². The quantitative estimate of drug-likeness (QED) is 0.168. The Morgan fingerprint density at radius 1 is 0.453 bits per heavy atom. The molecule has 1 aliphatic rings. The summed E-state index contributed by atoms with van der Waals surface area (Å²) < 4.78 is 11.3. The first kappa shape index (κ1) is 36.3. The van der Waals surface area contributed by atoms with Crippen molar-refractivity contribution < 1.29 is 4.42 Å². The van der Waals surface area contributed by atoms with Crippen LogP contribution in [0.1, 0.15) is 19.2 Å². The number of rotatable bonds is 6. The third-order valence-corrected chi connectivity index (χ3v) is 12.9. The molecule has 1 unspecified atom stereocenters. The standard InChI is InChI=1S/C58H39N5O/c1-36-23-25-38(26-24-36)57-59-56(37-13-4-2-5-14-37)60-58(61-57)46-19-12-22-54-55(46)48-34-40(28-32-53(48)64-54)39-27-31-51-47(33-39)44-18-9-11-21-50(44)63(51)42-29-30-45-43-17-8-10-20-49(43)62(52(45)35-42)41-15-6-3-7-16-41/h2-23,25-36H,24H2,1H3. The van der Waals surface area contributed by atoms with Gasteiger partial charge in [-0.05, 0) is 90.2 Å². The summed E-state index contributed by atoms with van der Waals surface area (Å²) in [4.78, 5) is 15.3. The molecule has 0 amide bonds. The maximum absolute atomic E-state index is 6.55. The van der Waals surface area contributed by atoms with Gasteiger partial charge in [0, 0.05) is 60.4 Å². The lowest BCUT2D eigenvalue weighted by atomic mass is 9.98. The Balaban J connectivity index is 0.962. The summed E-state index contributed by atoms with van der Waals surface area (Å²) in [5, 5.41) is 6.88. The van der Waals surface area contributed by atoms with Gasteiger partial charge in [0.15, 0.2) is 17.5 Å². The van der Waals surface area contributed by atoms with Crippen LogP contribution in [-0.4, -0.2) is 24.1 Å². The third kappa shape index (κ3) is 5.76. The minimum atomic E-state index is 0.480. The molecule has 0 aliphatic heterocycles. The molecule has 302 valence electrons. The normalized spacial score (nSPS) is 14.1. The van der Waals surface area contributed by atoms with Crippen LogP contribution in [0.25, 0.3) is 116 Å². The highest BCUT2D eigenvalue weighted by Gasteiger charge is 2.21. The number of furan rings is 1. The van der Waals surface area contributed by atoms with Crippen molar-refractivity contribution in [2.24, 2.45) is 5.92 Å². The van der Waals surface area contributed by atoms with E-state index in [4.69, 9.17) is 19.4 Å². The Labute approximate surface area is 368 Å². The summed E-state index contributed by atoms with van der Waals surface area (Å²) in [7, 11) is 0. The van der Waals surface area contributed by atoms with E-state index in [2.05, 4.69) is 186 Å². The predicted octanol–water partition coefficient (Wildman–Crippen LogP) is 14.9. The summed E-state index contributed by atoms with van der Waals surface area (Å²) in [6.45, 7) is 2.22. The van der Waals surface area contributed by atoms with Gasteiger partial charge in [-0.1, -0.05) is 140 Å². The molecule has 0 bridgehead atoms. The van der Waals surface area contributed by atoms with E-state index in [1.54, 1.807) is 0 Å². The van der Waals surface area contributed by atoms with Gasteiger partial charge in [0.2, 0.25) is 0 Å². The van der Waals surface area contributed by atoms with Crippen molar-refractivity contribution in [3.63, 3.8) is 0 Å². The van der Waals surface area contributed by atoms with Crippen LogP contribution in [-0.2, 0) is 0 Å². The minimum absolute atomic E-state index is 0.480. The van der Waals surface area contributed by atoms with Crippen molar-refractivity contribution in [3.8, 4) is 45.3 Å². The molecule has 6 heteroatoms. The van der Waals surface area contributed by atoms with Crippen LogP contribution in [0.5, 0.6) is 0 Å². The van der Waals surface area contributed by atoms with E-state index in [0.717, 1.165) is 78.6 Å². The molecule has 0 N–H and O–H groups in total. The predicted molar refractivity (Wildman–Crippen MR) is 263 cm³/mol. The zero-order chi connectivity index (χ0) is 42.3. The van der Waals surface area contributed by atoms with Gasteiger partial charge in [0.25, 0.3) is 0 Å². The van der Waals surface area contributed by atoms with Crippen molar-refractivity contribution in [2.45, 2.75) is 13.3 Å². The zero-order valence-corrected chi connectivity index (χ0v) is 35.0. The average Bonchev–Trinajstić information content (AvgIpc) is 4.01. The summed E-state index contributed by atoms with van der Waals surface area (Å²) >= 11 is 0. The molecule has 0 saturated carbocycles. The summed E-state index contributed by atoms with van der Waals surface area (Å²) in [6.07, 6.45) is 7.55. The summed E-state index contributed by atoms with van der Waals surface area (Å²) in [6, 6.07) is 64.7. The molecule has 6 nitrogen and oxygen atoms in total. The zero-order valence-electron chi connectivity index (χ0n) is 35.0. The molecular weight excluding hydrogens is 783 g/mol. The second-order valence-corrected chi connectivity index (χ2v) is 16.9. The van der Waals surface area contributed by atoms with Crippen molar-refractivity contribution in [1.82, 2.24) is 24.1 Å². The highest BCUT2D eigenvalue weighted by Crippen LogP contribution is 2.41. The third-order valence-electron chi connectivity index (χ3n) is 12.9. The average molecular weight is 822 g/mol. The van der Waals surface area contributed by atoms with Gasteiger partial charge >= 0.3 is 0 Å². The number of nitrogens with zero attached hydrogens (tertiary/aromatic N) is 5. The van der Waals surface area contributed by atoms with E-state index in [9.17, 15) is 0 Å². The van der Waals surface area contributed by atoms with Gasteiger partial charge in [-0.25, -0.2) is 15.0 Å². The van der Waals surface area contributed by atoms with Crippen LogP contribution in [0.15, 0.2) is 205 Å². The fourth-order valence-electron chi connectivity index (χ4n) is 9.81. The molecule has 4 aromatic heterocycles. The first-order valence-corrected chi connectivity index (χ1v) is 21.9. The second kappa shape index (κ2) is 14.4. The number of allylic oxidation sites excluding steroid dienone is 4. The molecule has 1 atom stereocenters. The number of hydrogen-bond donors (Lipinski definition) is 0. The van der Waals surface area contributed by atoms with E-state index in [1.807, 2.05) is 30.3 Å². The number of para-hydroxylation sites is 3. The largest absolute Gasteiger partial charge is 0.456 e. The van der Waals surface area contributed by atoms with Gasteiger partial charge in [-0.3, -0.25) is 0 Å². The van der Waals surface area contributed by atoms with Crippen LogP contribution in [0, 0.1) is 5.92 Å². The van der Waals surface area contributed by atoms with Gasteiger partial charge < -0.3 is 13.6 Å². The monoisotopic (exact) mass is 821 g/mol. The number of benzene rings is 8. The SMILES string of the molecule is CC1C=CC(c2nc(-c3ccccc3)nc(-c3cccc4oc5ccc(-c6ccc7c(c6)c6ccccc6n7-c6ccc7c8ccccc8n(-c8ccccc8)c7c6)cc5c34)n2)=CC1. The maximum atomic E-state index is 6.55. The molecule has 8 aromatic carbocycles. The molecule has 0 fully saturated rings.